The molecule has 0 aliphatic carbocycles. The molecular weight excluding hydrogens is 576 g/mol. The molecule has 3 aromatic carbocycles. The highest BCUT2D eigenvalue weighted by Crippen LogP contribution is 2.48. The average molecular weight is 601 g/mol. The number of halogens is 2. The van der Waals surface area contributed by atoms with E-state index in [1.807, 2.05) is 30.3 Å². The third-order valence-electron chi connectivity index (χ3n) is 6.72. The van der Waals surface area contributed by atoms with Gasteiger partial charge in [0.15, 0.2) is 5.60 Å². The van der Waals surface area contributed by atoms with Gasteiger partial charge in [-0.15, -0.1) is 4.52 Å². The lowest BCUT2D eigenvalue weighted by Crippen LogP contribution is -2.35. The van der Waals surface area contributed by atoms with Crippen LogP contribution in [-0.2, 0) is 29.0 Å². The monoisotopic (exact) mass is 600 g/mol. The number of ether oxygens (including phenoxy) is 1. The maximum Gasteiger partial charge on any atom is 0.569 e. The van der Waals surface area contributed by atoms with E-state index in [9.17, 15) is 19.5 Å². The summed E-state index contributed by atoms with van der Waals surface area (Å²) in [6.45, 7) is -0.683. The Morgan fingerprint density at radius 3 is 2.30 bits per heavy atom. The molecule has 0 spiro atoms. The van der Waals surface area contributed by atoms with Gasteiger partial charge in [0.1, 0.15) is 0 Å². The van der Waals surface area contributed by atoms with Crippen molar-refractivity contribution in [1.82, 2.24) is 14.1 Å². The maximum absolute atomic E-state index is 12.9. The first-order valence-electron chi connectivity index (χ1n) is 12.0. The van der Waals surface area contributed by atoms with Crippen molar-refractivity contribution in [2.24, 2.45) is 14.1 Å². The molecule has 0 radical (unpaired) electrons. The molecule has 9 nitrogen and oxygen atoms in total. The summed E-state index contributed by atoms with van der Waals surface area (Å²) in [5.41, 5.74) is 2.27. The summed E-state index contributed by atoms with van der Waals surface area (Å²) in [7, 11) is -1.12. The van der Waals surface area contributed by atoms with Crippen LogP contribution < -0.4 is 5.56 Å². The minimum absolute atomic E-state index is 0.190. The minimum Gasteiger partial charge on any atom is -0.335 e. The second-order valence-corrected chi connectivity index (χ2v) is 11.3. The Kier molecular flexibility index (Phi) is 7.85. The van der Waals surface area contributed by atoms with Crippen molar-refractivity contribution in [3.8, 4) is 11.1 Å². The highest BCUT2D eigenvalue weighted by molar-refractivity contribution is 7.53. The molecule has 40 heavy (non-hydrogen) atoms. The Morgan fingerprint density at radius 1 is 0.925 bits per heavy atom. The number of pyridine rings is 1. The molecular formula is C28H25Cl2N3O6P+. The van der Waals surface area contributed by atoms with Gasteiger partial charge >= 0.3 is 8.17 Å². The molecule has 0 fully saturated rings. The fourth-order valence-corrected chi connectivity index (χ4v) is 5.35. The molecule has 5 rings (SSSR count). The van der Waals surface area contributed by atoms with E-state index < -0.39 is 20.6 Å². The number of fused-ring (bicyclic) bond motifs is 1. The van der Waals surface area contributed by atoms with Gasteiger partial charge in [0.05, 0.1) is 23.7 Å². The van der Waals surface area contributed by atoms with Gasteiger partial charge in [-0.2, -0.15) is 14.7 Å². The van der Waals surface area contributed by atoms with Gasteiger partial charge in [0.2, 0.25) is 6.79 Å². The summed E-state index contributed by atoms with van der Waals surface area (Å²) >= 11 is 12.5. The van der Waals surface area contributed by atoms with Gasteiger partial charge in [-0.25, -0.2) is 4.98 Å². The predicted molar refractivity (Wildman–Crippen MR) is 155 cm³/mol. The van der Waals surface area contributed by atoms with Gasteiger partial charge in [-0.3, -0.25) is 4.79 Å². The molecule has 12 heteroatoms. The fraction of sp³-hybridized carbons (Fsp3) is 0.143. The van der Waals surface area contributed by atoms with Crippen molar-refractivity contribution in [3.05, 3.63) is 123 Å². The van der Waals surface area contributed by atoms with Crippen molar-refractivity contribution in [1.29, 1.82) is 0 Å². The molecule has 0 bridgehead atoms. The Bertz CT molecular complexity index is 1750. The van der Waals surface area contributed by atoms with Crippen molar-refractivity contribution in [3.63, 3.8) is 0 Å². The van der Waals surface area contributed by atoms with E-state index in [2.05, 4.69) is 4.98 Å². The van der Waals surface area contributed by atoms with Crippen LogP contribution in [0, 0.1) is 0 Å². The zero-order valence-corrected chi connectivity index (χ0v) is 23.8. The Labute approximate surface area is 240 Å². The third-order valence-corrected chi connectivity index (χ3v) is 7.66. The number of nitrogens with zero attached hydrogens (tertiary/aromatic N) is 3. The van der Waals surface area contributed by atoms with E-state index >= 15 is 0 Å². The first-order valence-corrected chi connectivity index (χ1v) is 14.3. The van der Waals surface area contributed by atoms with E-state index in [1.165, 1.54) is 0 Å². The summed E-state index contributed by atoms with van der Waals surface area (Å²) in [6, 6.07) is 21.3. The smallest absolute Gasteiger partial charge is 0.335 e. The van der Waals surface area contributed by atoms with Gasteiger partial charge in [0, 0.05) is 35.6 Å². The number of hydrogen-bond acceptors (Lipinski definition) is 7. The van der Waals surface area contributed by atoms with Gasteiger partial charge < -0.3 is 13.9 Å². The van der Waals surface area contributed by atoms with E-state index in [4.69, 9.17) is 32.5 Å². The predicted octanol–water partition coefficient (Wildman–Crippen LogP) is 5.18. The van der Waals surface area contributed by atoms with Gasteiger partial charge in [-0.05, 0) is 58.7 Å². The van der Waals surface area contributed by atoms with Crippen molar-refractivity contribution in [2.75, 3.05) is 6.79 Å². The van der Waals surface area contributed by atoms with E-state index in [1.54, 1.807) is 78.2 Å². The SMILES string of the molecule is Cn1cncc1[C@@](OCO[P+](O)(O)O)(c1ccc(Cl)cc1)c1ccc2c(c1)c(-c1cccc(Cl)c1)cc(=O)n2C. The van der Waals surface area contributed by atoms with Crippen LogP contribution in [0.2, 0.25) is 10.0 Å². The molecule has 206 valence electrons. The van der Waals surface area contributed by atoms with Crippen molar-refractivity contribution >= 4 is 42.3 Å². The molecule has 0 aliphatic heterocycles. The van der Waals surface area contributed by atoms with Crippen LogP contribution in [0.5, 0.6) is 0 Å². The molecule has 3 N–H and O–H groups in total. The van der Waals surface area contributed by atoms with Crippen LogP contribution in [0.1, 0.15) is 16.8 Å². The molecule has 1 atom stereocenters. The van der Waals surface area contributed by atoms with Crippen LogP contribution in [0.4, 0.5) is 0 Å². The highest BCUT2D eigenvalue weighted by Gasteiger charge is 2.43. The summed E-state index contributed by atoms with van der Waals surface area (Å²) in [4.78, 5) is 45.7. The van der Waals surface area contributed by atoms with Crippen LogP contribution in [0.15, 0.2) is 90.1 Å². The average Bonchev–Trinajstić information content (AvgIpc) is 3.34. The molecule has 0 saturated heterocycles. The van der Waals surface area contributed by atoms with Crippen LogP contribution in [-0.4, -0.2) is 35.6 Å². The number of rotatable bonds is 8. The lowest BCUT2D eigenvalue weighted by atomic mass is 9.82. The van der Waals surface area contributed by atoms with Gasteiger partial charge in [-0.1, -0.05) is 53.5 Å². The highest BCUT2D eigenvalue weighted by atomic mass is 35.5. The largest absolute Gasteiger partial charge is 0.569 e. The van der Waals surface area contributed by atoms with Crippen LogP contribution >= 0.6 is 31.4 Å². The number of hydrogen-bond donors (Lipinski definition) is 3. The summed E-state index contributed by atoms with van der Waals surface area (Å²) < 4.78 is 14.5. The Balaban J connectivity index is 1.83. The fourth-order valence-electron chi connectivity index (χ4n) is 4.84. The van der Waals surface area contributed by atoms with Crippen molar-refractivity contribution in [2.45, 2.75) is 5.60 Å². The molecule has 0 aliphatic rings. The number of aromatic nitrogens is 3. The number of benzene rings is 3. The minimum atomic E-state index is -4.60. The van der Waals surface area contributed by atoms with E-state index in [0.29, 0.717) is 37.9 Å². The lowest BCUT2D eigenvalue weighted by Gasteiger charge is -2.35. The third kappa shape index (κ3) is 5.43. The standard InChI is InChI=1S/C28H25Cl2N3O6P/c1-32-16-31-15-26(32)28(38-17-39-40(35,36)37,19-6-9-21(29)10-7-19)20-8-11-25-24(13-20)23(14-27(34)33(25)2)18-4-3-5-22(30)12-18/h3-16,35-37H,17H2,1-2H3/q+1/t28-/m1/s1. The zero-order chi connectivity index (χ0) is 28.7. The van der Waals surface area contributed by atoms with Crippen LogP contribution in [0.3, 0.4) is 0 Å². The van der Waals surface area contributed by atoms with Crippen molar-refractivity contribution < 1.29 is 23.9 Å². The summed E-state index contributed by atoms with van der Waals surface area (Å²) in [6.07, 6.45) is 3.23. The Hall–Kier alpha value is -3.11. The molecule has 0 unspecified atom stereocenters. The Morgan fingerprint density at radius 2 is 1.65 bits per heavy atom. The summed E-state index contributed by atoms with van der Waals surface area (Å²) in [5.74, 6) is 0. The first-order chi connectivity index (χ1) is 19.0. The first kappa shape index (κ1) is 28.4. The zero-order valence-electron chi connectivity index (χ0n) is 21.4. The topological polar surface area (TPSA) is 119 Å². The normalized spacial score (nSPS) is 13.5. The van der Waals surface area contributed by atoms with E-state index in [-0.39, 0.29) is 5.56 Å². The summed E-state index contributed by atoms with van der Waals surface area (Å²) in [5, 5.41) is 1.76. The molecule has 2 aromatic heterocycles. The number of aryl methyl sites for hydroxylation is 2. The van der Waals surface area contributed by atoms with Gasteiger partial charge in [0.25, 0.3) is 5.56 Å². The molecule has 5 aromatic rings. The molecule has 0 amide bonds. The quantitative estimate of drug-likeness (QED) is 0.166. The lowest BCUT2D eigenvalue weighted by molar-refractivity contribution is -0.0826. The second kappa shape index (κ2) is 11.0. The second-order valence-electron chi connectivity index (χ2n) is 9.18. The van der Waals surface area contributed by atoms with E-state index in [0.717, 1.165) is 10.9 Å². The molecule has 2 heterocycles. The molecule has 0 saturated carbocycles. The maximum atomic E-state index is 12.9. The van der Waals surface area contributed by atoms with Crippen LogP contribution in [0.25, 0.3) is 22.0 Å². The number of imidazole rings is 1.